The van der Waals surface area contributed by atoms with Crippen LogP contribution in [-0.4, -0.2) is 21.5 Å². The van der Waals surface area contributed by atoms with Gasteiger partial charge in [0, 0.05) is 19.0 Å². The molecule has 2 N–H and O–H groups in total. The molecule has 0 unspecified atom stereocenters. The van der Waals surface area contributed by atoms with E-state index in [0.717, 1.165) is 18.4 Å². The van der Waals surface area contributed by atoms with Crippen molar-refractivity contribution in [1.29, 1.82) is 0 Å². The number of benzene rings is 1. The molecule has 0 saturated heterocycles. The molecule has 1 heterocycles. The fourth-order valence-electron chi connectivity index (χ4n) is 3.68. The summed E-state index contributed by atoms with van der Waals surface area (Å²) in [6, 6.07) is 7.51. The van der Waals surface area contributed by atoms with Crippen LogP contribution in [0.15, 0.2) is 29.1 Å². The SMILES string of the molecule is C[C@H]1[C@H](C)CCC[C@H]1NC(=O)CCn1c(=S)[nH]c2ccccc2c1=O. The number of nitrogens with zero attached hydrogens (tertiary/aromatic N) is 1. The number of fused-ring (bicyclic) bond motifs is 1. The van der Waals surface area contributed by atoms with Gasteiger partial charge in [0.25, 0.3) is 5.56 Å². The number of carbonyl (C=O) groups is 1. The number of amides is 1. The highest BCUT2D eigenvalue weighted by molar-refractivity contribution is 7.71. The van der Waals surface area contributed by atoms with Crippen LogP contribution in [-0.2, 0) is 11.3 Å². The van der Waals surface area contributed by atoms with Gasteiger partial charge < -0.3 is 10.3 Å². The Labute approximate surface area is 152 Å². The van der Waals surface area contributed by atoms with E-state index < -0.39 is 0 Å². The lowest BCUT2D eigenvalue weighted by Gasteiger charge is -2.34. The van der Waals surface area contributed by atoms with Crippen molar-refractivity contribution < 1.29 is 4.79 Å². The molecule has 1 aliphatic rings. The standard InChI is InChI=1S/C19H25N3O2S/c1-12-6-5-9-15(13(12)2)20-17(23)10-11-22-18(24)14-7-3-4-8-16(14)21-19(22)25/h3-4,7-8,12-13,15H,5-6,9-11H2,1-2H3,(H,20,23)(H,21,25)/t12-,13+,15-/m1/s1. The van der Waals surface area contributed by atoms with Crippen LogP contribution in [0, 0.1) is 16.6 Å². The van der Waals surface area contributed by atoms with E-state index >= 15 is 0 Å². The lowest BCUT2D eigenvalue weighted by molar-refractivity contribution is -0.122. The van der Waals surface area contributed by atoms with Crippen LogP contribution in [0.25, 0.3) is 10.9 Å². The quantitative estimate of drug-likeness (QED) is 0.822. The van der Waals surface area contributed by atoms with Gasteiger partial charge >= 0.3 is 0 Å². The van der Waals surface area contributed by atoms with Gasteiger partial charge in [-0.1, -0.05) is 38.8 Å². The number of aromatic amines is 1. The van der Waals surface area contributed by atoms with E-state index in [1.807, 2.05) is 18.2 Å². The molecule has 6 heteroatoms. The second kappa shape index (κ2) is 7.52. The van der Waals surface area contributed by atoms with Crippen LogP contribution in [0.2, 0.25) is 0 Å². The number of hydrogen-bond acceptors (Lipinski definition) is 3. The fraction of sp³-hybridized carbons (Fsp3) is 0.526. The molecule has 0 aliphatic heterocycles. The minimum absolute atomic E-state index is 0.0135. The first-order valence-corrected chi connectivity index (χ1v) is 9.39. The Balaban J connectivity index is 1.69. The molecule has 25 heavy (non-hydrogen) atoms. The predicted molar refractivity (Wildman–Crippen MR) is 102 cm³/mol. The van der Waals surface area contributed by atoms with E-state index in [9.17, 15) is 9.59 Å². The van der Waals surface area contributed by atoms with Crippen molar-refractivity contribution >= 4 is 29.0 Å². The van der Waals surface area contributed by atoms with Gasteiger partial charge in [-0.15, -0.1) is 0 Å². The summed E-state index contributed by atoms with van der Waals surface area (Å²) in [5, 5.41) is 3.74. The van der Waals surface area contributed by atoms with Crippen molar-refractivity contribution in [2.75, 3.05) is 0 Å². The van der Waals surface area contributed by atoms with E-state index in [2.05, 4.69) is 24.1 Å². The minimum atomic E-state index is -0.146. The molecule has 0 bridgehead atoms. The van der Waals surface area contributed by atoms with Crippen LogP contribution in [0.5, 0.6) is 0 Å². The first kappa shape index (κ1) is 17.9. The molecular weight excluding hydrogens is 334 g/mol. The second-order valence-electron chi connectivity index (χ2n) is 7.12. The Morgan fingerprint density at radius 1 is 1.32 bits per heavy atom. The number of carbonyl (C=O) groups excluding carboxylic acids is 1. The van der Waals surface area contributed by atoms with Crippen molar-refractivity contribution in [2.24, 2.45) is 11.8 Å². The summed E-state index contributed by atoms with van der Waals surface area (Å²) in [5.41, 5.74) is 0.579. The molecule has 0 spiro atoms. The summed E-state index contributed by atoms with van der Waals surface area (Å²) in [7, 11) is 0. The molecule has 2 aromatic rings. The molecule has 3 atom stereocenters. The zero-order valence-corrected chi connectivity index (χ0v) is 15.6. The molecule has 0 radical (unpaired) electrons. The summed E-state index contributed by atoms with van der Waals surface area (Å²) in [4.78, 5) is 28.0. The number of hydrogen-bond donors (Lipinski definition) is 2. The van der Waals surface area contributed by atoms with Gasteiger partial charge in [0.05, 0.1) is 10.9 Å². The third-order valence-corrected chi connectivity index (χ3v) is 5.83. The van der Waals surface area contributed by atoms with Crippen molar-refractivity contribution in [3.8, 4) is 0 Å². The number of H-pyrrole nitrogens is 1. The fourth-order valence-corrected chi connectivity index (χ4v) is 3.96. The van der Waals surface area contributed by atoms with Gasteiger partial charge in [0.2, 0.25) is 5.91 Å². The first-order chi connectivity index (χ1) is 12.0. The Bertz CT molecular complexity index is 886. The Hall–Kier alpha value is -1.95. The van der Waals surface area contributed by atoms with Gasteiger partial charge in [-0.05, 0) is 42.6 Å². The molecule has 1 aliphatic carbocycles. The molecule has 1 aromatic heterocycles. The largest absolute Gasteiger partial charge is 0.353 e. The zero-order chi connectivity index (χ0) is 18.0. The van der Waals surface area contributed by atoms with E-state index in [0.29, 0.717) is 28.5 Å². The summed E-state index contributed by atoms with van der Waals surface area (Å²) in [6.07, 6.45) is 3.68. The third-order valence-electron chi connectivity index (χ3n) is 5.51. The summed E-state index contributed by atoms with van der Waals surface area (Å²) >= 11 is 5.29. The summed E-state index contributed by atoms with van der Waals surface area (Å²) in [5.74, 6) is 1.11. The molecule has 1 aromatic carbocycles. The van der Waals surface area contributed by atoms with Gasteiger partial charge in [0.15, 0.2) is 4.77 Å². The normalized spacial score (nSPS) is 23.5. The molecule has 1 amide bonds. The monoisotopic (exact) mass is 359 g/mol. The highest BCUT2D eigenvalue weighted by Crippen LogP contribution is 2.29. The number of rotatable bonds is 4. The average Bonchev–Trinajstić information content (AvgIpc) is 2.59. The van der Waals surface area contributed by atoms with Crippen LogP contribution in [0.4, 0.5) is 0 Å². The Kier molecular flexibility index (Phi) is 5.37. The maximum Gasteiger partial charge on any atom is 0.262 e. The molecular formula is C19H25N3O2S. The van der Waals surface area contributed by atoms with E-state index in [1.165, 1.54) is 11.0 Å². The lowest BCUT2D eigenvalue weighted by atomic mass is 9.78. The van der Waals surface area contributed by atoms with E-state index in [4.69, 9.17) is 12.2 Å². The number of aromatic nitrogens is 2. The van der Waals surface area contributed by atoms with Crippen molar-refractivity contribution in [3.63, 3.8) is 0 Å². The first-order valence-electron chi connectivity index (χ1n) is 8.98. The average molecular weight is 359 g/mol. The maximum absolute atomic E-state index is 12.6. The molecule has 1 saturated carbocycles. The van der Waals surface area contributed by atoms with Crippen LogP contribution < -0.4 is 10.9 Å². The highest BCUT2D eigenvalue weighted by atomic mass is 32.1. The van der Waals surface area contributed by atoms with Crippen molar-refractivity contribution in [1.82, 2.24) is 14.9 Å². The van der Waals surface area contributed by atoms with Gasteiger partial charge in [-0.25, -0.2) is 0 Å². The zero-order valence-electron chi connectivity index (χ0n) is 14.7. The van der Waals surface area contributed by atoms with Gasteiger partial charge in [-0.2, -0.15) is 0 Å². The second-order valence-corrected chi connectivity index (χ2v) is 7.51. The Morgan fingerprint density at radius 2 is 2.08 bits per heavy atom. The molecule has 5 nitrogen and oxygen atoms in total. The Morgan fingerprint density at radius 3 is 2.88 bits per heavy atom. The third kappa shape index (κ3) is 3.84. The number of nitrogens with one attached hydrogen (secondary N) is 2. The van der Waals surface area contributed by atoms with Crippen molar-refractivity contribution in [3.05, 3.63) is 39.4 Å². The van der Waals surface area contributed by atoms with Crippen molar-refractivity contribution in [2.45, 2.75) is 52.1 Å². The topological polar surface area (TPSA) is 66.9 Å². The molecule has 134 valence electrons. The summed E-state index contributed by atoms with van der Waals surface area (Å²) < 4.78 is 1.83. The highest BCUT2D eigenvalue weighted by Gasteiger charge is 2.27. The maximum atomic E-state index is 12.6. The molecule has 3 rings (SSSR count). The molecule has 1 fully saturated rings. The smallest absolute Gasteiger partial charge is 0.262 e. The van der Waals surface area contributed by atoms with E-state index in [-0.39, 0.29) is 23.9 Å². The predicted octanol–water partition coefficient (Wildman–Crippen LogP) is 3.39. The minimum Gasteiger partial charge on any atom is -0.353 e. The lowest BCUT2D eigenvalue weighted by Crippen LogP contribution is -2.44. The number of para-hydroxylation sites is 1. The van der Waals surface area contributed by atoms with E-state index in [1.54, 1.807) is 6.07 Å². The van der Waals surface area contributed by atoms with Crippen LogP contribution in [0.3, 0.4) is 0 Å². The van der Waals surface area contributed by atoms with Crippen LogP contribution >= 0.6 is 12.2 Å². The summed E-state index contributed by atoms with van der Waals surface area (Å²) in [6.45, 7) is 4.75. The van der Waals surface area contributed by atoms with Gasteiger partial charge in [-0.3, -0.25) is 14.2 Å². The van der Waals surface area contributed by atoms with Crippen LogP contribution in [0.1, 0.15) is 39.5 Å². The van der Waals surface area contributed by atoms with Gasteiger partial charge in [0.1, 0.15) is 0 Å².